The van der Waals surface area contributed by atoms with Crippen molar-refractivity contribution in [1.29, 1.82) is 0 Å². The number of rotatable bonds is 10. The molecule has 1 aromatic rings. The zero-order valence-corrected chi connectivity index (χ0v) is 19.0. The molecule has 1 atom stereocenters. The molecule has 0 fully saturated rings. The lowest BCUT2D eigenvalue weighted by Crippen LogP contribution is -2.40. The van der Waals surface area contributed by atoms with Gasteiger partial charge in [0.25, 0.3) is 0 Å². The number of sulfonamides is 1. The molecule has 10 heteroatoms. The van der Waals surface area contributed by atoms with Crippen molar-refractivity contribution in [1.82, 2.24) is 14.9 Å². The molecule has 0 aliphatic heterocycles. The summed E-state index contributed by atoms with van der Waals surface area (Å²) in [6, 6.07) is 3.43. The molecule has 0 saturated heterocycles. The summed E-state index contributed by atoms with van der Waals surface area (Å²) >= 11 is 0. The standard InChI is InChI=1S/C16H30N4O4S.HI/c1-5-17-15(18-10-8-11-20(4)25(22,23)6-2)19-13-16(3,21)14-9-7-12-24-14;/h7,9,12,21H,5-6,8,10-11,13H2,1-4H3,(H2,17,18,19);1H. The highest BCUT2D eigenvalue weighted by Gasteiger charge is 2.26. The molecule has 26 heavy (non-hydrogen) atoms. The molecule has 0 radical (unpaired) electrons. The molecular formula is C16H31IN4O4S. The van der Waals surface area contributed by atoms with Gasteiger partial charge in [-0.1, -0.05) is 0 Å². The van der Waals surface area contributed by atoms with Crippen LogP contribution >= 0.6 is 24.0 Å². The van der Waals surface area contributed by atoms with E-state index in [0.717, 1.165) is 0 Å². The molecule has 152 valence electrons. The van der Waals surface area contributed by atoms with Crippen LogP contribution in [0.5, 0.6) is 0 Å². The first-order valence-electron chi connectivity index (χ1n) is 8.45. The van der Waals surface area contributed by atoms with Crippen LogP contribution in [0.3, 0.4) is 0 Å². The molecule has 1 rings (SSSR count). The number of nitrogens with one attached hydrogen (secondary N) is 2. The van der Waals surface area contributed by atoms with E-state index in [1.807, 2.05) is 6.92 Å². The number of hydrogen-bond acceptors (Lipinski definition) is 5. The Labute approximate surface area is 173 Å². The molecule has 0 aliphatic carbocycles. The fraction of sp³-hybridized carbons (Fsp3) is 0.688. The summed E-state index contributed by atoms with van der Waals surface area (Å²) in [6.45, 7) is 7.04. The quantitative estimate of drug-likeness (QED) is 0.193. The van der Waals surface area contributed by atoms with E-state index in [2.05, 4.69) is 15.6 Å². The molecule has 1 unspecified atom stereocenters. The van der Waals surface area contributed by atoms with Gasteiger partial charge in [-0.3, -0.25) is 0 Å². The van der Waals surface area contributed by atoms with E-state index >= 15 is 0 Å². The maximum atomic E-state index is 11.7. The first-order valence-corrected chi connectivity index (χ1v) is 10.1. The van der Waals surface area contributed by atoms with E-state index in [4.69, 9.17) is 4.42 Å². The third-order valence-corrected chi connectivity index (χ3v) is 5.59. The van der Waals surface area contributed by atoms with Gasteiger partial charge in [0.2, 0.25) is 10.0 Å². The zero-order chi connectivity index (χ0) is 18.9. The van der Waals surface area contributed by atoms with Crippen molar-refractivity contribution >= 4 is 40.0 Å². The first-order chi connectivity index (χ1) is 11.7. The smallest absolute Gasteiger partial charge is 0.213 e. The third kappa shape index (κ3) is 8.23. The summed E-state index contributed by atoms with van der Waals surface area (Å²) in [5.74, 6) is 1.12. The molecule has 0 aromatic carbocycles. The van der Waals surface area contributed by atoms with E-state index in [9.17, 15) is 13.5 Å². The third-order valence-electron chi connectivity index (χ3n) is 3.72. The Morgan fingerprint density at radius 1 is 1.38 bits per heavy atom. The van der Waals surface area contributed by atoms with Crippen LogP contribution in [-0.2, 0) is 15.6 Å². The summed E-state index contributed by atoms with van der Waals surface area (Å²) in [7, 11) is -1.57. The van der Waals surface area contributed by atoms with Gasteiger partial charge < -0.3 is 20.2 Å². The van der Waals surface area contributed by atoms with Crippen LogP contribution in [0.2, 0.25) is 0 Å². The number of hydrogen-bond donors (Lipinski definition) is 3. The predicted molar refractivity (Wildman–Crippen MR) is 114 cm³/mol. The van der Waals surface area contributed by atoms with Crippen molar-refractivity contribution in [3.63, 3.8) is 0 Å². The number of halogens is 1. The van der Waals surface area contributed by atoms with E-state index in [-0.39, 0.29) is 36.3 Å². The van der Waals surface area contributed by atoms with Gasteiger partial charge in [-0.15, -0.1) is 24.0 Å². The van der Waals surface area contributed by atoms with Gasteiger partial charge in [0.15, 0.2) is 5.96 Å². The largest absolute Gasteiger partial charge is 0.466 e. The minimum atomic E-state index is -3.15. The molecule has 0 spiro atoms. The minimum Gasteiger partial charge on any atom is -0.466 e. The van der Waals surface area contributed by atoms with Crippen LogP contribution < -0.4 is 10.6 Å². The summed E-state index contributed by atoms with van der Waals surface area (Å²) < 4.78 is 30.0. The van der Waals surface area contributed by atoms with Gasteiger partial charge in [-0.2, -0.15) is 0 Å². The summed E-state index contributed by atoms with van der Waals surface area (Å²) in [5.41, 5.74) is -1.19. The summed E-state index contributed by atoms with van der Waals surface area (Å²) in [4.78, 5) is 4.38. The van der Waals surface area contributed by atoms with Gasteiger partial charge in [0, 0.05) is 26.7 Å². The molecule has 0 aliphatic rings. The van der Waals surface area contributed by atoms with Crippen LogP contribution in [0.25, 0.3) is 0 Å². The molecule has 0 bridgehead atoms. The Kier molecular flexibility index (Phi) is 11.4. The highest BCUT2D eigenvalue weighted by molar-refractivity contribution is 14.0. The Bertz CT molecular complexity index is 633. The van der Waals surface area contributed by atoms with Crippen molar-refractivity contribution in [3.05, 3.63) is 24.2 Å². The molecule has 3 N–H and O–H groups in total. The summed E-state index contributed by atoms with van der Waals surface area (Å²) in [5, 5.41) is 16.7. The highest BCUT2D eigenvalue weighted by atomic mass is 127. The number of aliphatic imine (C=N–C) groups is 1. The van der Waals surface area contributed by atoms with Crippen LogP contribution in [0, 0.1) is 0 Å². The Morgan fingerprint density at radius 2 is 2.08 bits per heavy atom. The van der Waals surface area contributed by atoms with E-state index in [1.54, 1.807) is 33.0 Å². The van der Waals surface area contributed by atoms with Gasteiger partial charge in [0.1, 0.15) is 11.4 Å². The van der Waals surface area contributed by atoms with E-state index in [0.29, 0.717) is 37.8 Å². The fourth-order valence-corrected chi connectivity index (χ4v) is 2.95. The van der Waals surface area contributed by atoms with Gasteiger partial charge in [0.05, 0.1) is 18.6 Å². The average molecular weight is 502 g/mol. The molecular weight excluding hydrogens is 471 g/mol. The lowest BCUT2D eigenvalue weighted by molar-refractivity contribution is 0.0437. The molecule has 0 saturated carbocycles. The van der Waals surface area contributed by atoms with Crippen molar-refractivity contribution in [2.24, 2.45) is 4.99 Å². The van der Waals surface area contributed by atoms with Gasteiger partial charge in [-0.25, -0.2) is 17.7 Å². The van der Waals surface area contributed by atoms with Crippen LogP contribution in [0.15, 0.2) is 27.8 Å². The van der Waals surface area contributed by atoms with Crippen molar-refractivity contribution in [3.8, 4) is 0 Å². The first kappa shape index (κ1) is 25.1. The number of aliphatic hydroxyl groups is 1. The second-order valence-corrected chi connectivity index (χ2v) is 8.31. The molecule has 8 nitrogen and oxygen atoms in total. The van der Waals surface area contributed by atoms with Crippen LogP contribution in [-0.4, -0.2) is 62.8 Å². The number of nitrogens with zero attached hydrogens (tertiary/aromatic N) is 2. The SMILES string of the molecule is CCNC(=NCC(C)(O)c1ccco1)NCCCN(C)S(=O)(=O)CC.I. The van der Waals surface area contributed by atoms with E-state index < -0.39 is 15.6 Å². The van der Waals surface area contributed by atoms with Gasteiger partial charge >= 0.3 is 0 Å². The van der Waals surface area contributed by atoms with Crippen molar-refractivity contribution < 1.29 is 17.9 Å². The lowest BCUT2D eigenvalue weighted by atomic mass is 10.0. The zero-order valence-electron chi connectivity index (χ0n) is 15.9. The maximum Gasteiger partial charge on any atom is 0.213 e. The molecule has 1 aromatic heterocycles. The van der Waals surface area contributed by atoms with Crippen molar-refractivity contribution in [2.75, 3.05) is 39.0 Å². The average Bonchev–Trinajstić information content (AvgIpc) is 3.11. The number of guanidine groups is 1. The highest BCUT2D eigenvalue weighted by Crippen LogP contribution is 2.20. The van der Waals surface area contributed by atoms with Crippen LogP contribution in [0.1, 0.15) is 33.0 Å². The fourth-order valence-electron chi connectivity index (χ4n) is 2.11. The lowest BCUT2D eigenvalue weighted by Gasteiger charge is -2.20. The minimum absolute atomic E-state index is 0. The molecule has 1 heterocycles. The maximum absolute atomic E-state index is 11.7. The second kappa shape index (κ2) is 11.8. The Morgan fingerprint density at radius 3 is 2.62 bits per heavy atom. The van der Waals surface area contributed by atoms with Gasteiger partial charge in [-0.05, 0) is 39.3 Å². The predicted octanol–water partition coefficient (Wildman–Crippen LogP) is 1.33. The monoisotopic (exact) mass is 502 g/mol. The van der Waals surface area contributed by atoms with E-state index in [1.165, 1.54) is 10.6 Å². The Balaban J connectivity index is 0.00000625. The van der Waals surface area contributed by atoms with Crippen LogP contribution in [0.4, 0.5) is 0 Å². The van der Waals surface area contributed by atoms with Crippen molar-refractivity contribution in [2.45, 2.75) is 32.8 Å². The topological polar surface area (TPSA) is 107 Å². The Hall–Kier alpha value is -0.850. The second-order valence-electron chi connectivity index (χ2n) is 5.95. The number of furan rings is 1. The molecule has 0 amide bonds. The normalized spacial score (nSPS) is 14.6. The summed E-state index contributed by atoms with van der Waals surface area (Å²) in [6.07, 6.45) is 2.16.